The molecule has 0 saturated heterocycles. The number of hydrogen-bond donors (Lipinski definition) is 2. The molecule has 5 heteroatoms. The fraction of sp³-hybridized carbons (Fsp3) is 0.143. The largest absolute Gasteiger partial charge is 0.330 e. The highest BCUT2D eigenvalue weighted by Gasteiger charge is 2.14. The Labute approximate surface area is 113 Å². The van der Waals surface area contributed by atoms with Gasteiger partial charge in [-0.3, -0.25) is 4.72 Å². The van der Waals surface area contributed by atoms with Crippen molar-refractivity contribution in [3.05, 3.63) is 60.2 Å². The molecule has 0 amide bonds. The first-order valence-corrected chi connectivity index (χ1v) is 7.47. The second-order valence-corrected chi connectivity index (χ2v) is 5.84. The molecule has 100 valence electrons. The lowest BCUT2D eigenvalue weighted by atomic mass is 10.2. The van der Waals surface area contributed by atoms with Gasteiger partial charge in [-0.25, -0.2) is 8.42 Å². The number of para-hydroxylation sites is 1. The lowest BCUT2D eigenvalue weighted by Crippen LogP contribution is -2.13. The maximum atomic E-state index is 12.2. The minimum absolute atomic E-state index is 0.252. The summed E-state index contributed by atoms with van der Waals surface area (Å²) in [6.45, 7) is 0.496. The molecule has 0 unspecified atom stereocenters. The zero-order valence-electron chi connectivity index (χ0n) is 10.4. The molecule has 0 fully saturated rings. The number of benzene rings is 2. The Hall–Kier alpha value is -1.85. The molecule has 3 N–H and O–H groups in total. The highest BCUT2D eigenvalue weighted by molar-refractivity contribution is 7.92. The molecule has 0 aliphatic rings. The first-order valence-electron chi connectivity index (χ1n) is 5.99. The molecule has 0 spiro atoms. The summed E-state index contributed by atoms with van der Waals surface area (Å²) in [6, 6.07) is 15.6. The fourth-order valence-electron chi connectivity index (χ4n) is 1.76. The van der Waals surface area contributed by atoms with E-state index in [9.17, 15) is 8.42 Å². The number of nitrogens with one attached hydrogen (secondary N) is 1. The minimum atomic E-state index is -3.54. The molecule has 0 aliphatic carbocycles. The predicted molar refractivity (Wildman–Crippen MR) is 76.5 cm³/mol. The number of rotatable bonds is 5. The van der Waals surface area contributed by atoms with Gasteiger partial charge in [-0.1, -0.05) is 30.3 Å². The van der Waals surface area contributed by atoms with E-state index < -0.39 is 10.0 Å². The summed E-state index contributed by atoms with van der Waals surface area (Å²) in [5, 5.41) is 0. The van der Waals surface area contributed by atoms with Crippen molar-refractivity contribution in [3.8, 4) is 0 Å². The number of nitrogens with two attached hydrogens (primary N) is 1. The topological polar surface area (TPSA) is 72.2 Å². The third kappa shape index (κ3) is 3.56. The first kappa shape index (κ1) is 13.6. The van der Waals surface area contributed by atoms with E-state index in [1.807, 2.05) is 12.1 Å². The molecule has 0 saturated carbocycles. The summed E-state index contributed by atoms with van der Waals surface area (Å²) in [5.41, 5.74) is 6.94. The average Bonchev–Trinajstić information content (AvgIpc) is 2.40. The molecule has 2 aromatic rings. The van der Waals surface area contributed by atoms with Gasteiger partial charge in [-0.2, -0.15) is 0 Å². The van der Waals surface area contributed by atoms with E-state index in [0.717, 1.165) is 5.56 Å². The zero-order valence-corrected chi connectivity index (χ0v) is 11.2. The predicted octanol–water partition coefficient (Wildman–Crippen LogP) is 1.99. The van der Waals surface area contributed by atoms with Crippen LogP contribution in [-0.2, 0) is 16.4 Å². The minimum Gasteiger partial charge on any atom is -0.330 e. The molecular weight excluding hydrogens is 260 g/mol. The van der Waals surface area contributed by atoms with Crippen molar-refractivity contribution in [2.24, 2.45) is 5.73 Å². The Morgan fingerprint density at radius 3 is 2.42 bits per heavy atom. The third-order valence-corrected chi connectivity index (χ3v) is 4.05. The van der Waals surface area contributed by atoms with Gasteiger partial charge in [-0.05, 0) is 42.8 Å². The van der Waals surface area contributed by atoms with E-state index in [4.69, 9.17) is 5.73 Å². The van der Waals surface area contributed by atoms with Crippen molar-refractivity contribution in [2.75, 3.05) is 11.3 Å². The Morgan fingerprint density at radius 2 is 1.74 bits per heavy atom. The van der Waals surface area contributed by atoms with Crippen LogP contribution >= 0.6 is 0 Å². The highest BCUT2D eigenvalue weighted by Crippen LogP contribution is 2.16. The van der Waals surface area contributed by atoms with Crippen LogP contribution in [0.1, 0.15) is 5.56 Å². The van der Waals surface area contributed by atoms with Gasteiger partial charge in [0, 0.05) is 5.69 Å². The van der Waals surface area contributed by atoms with Crippen LogP contribution < -0.4 is 10.5 Å². The second kappa shape index (κ2) is 5.86. The Bertz CT molecular complexity index is 640. The summed E-state index contributed by atoms with van der Waals surface area (Å²) in [7, 11) is -3.54. The molecule has 0 aromatic heterocycles. The maximum Gasteiger partial charge on any atom is 0.261 e. The van der Waals surface area contributed by atoms with E-state index in [2.05, 4.69) is 4.72 Å². The van der Waals surface area contributed by atoms with E-state index >= 15 is 0 Å². The van der Waals surface area contributed by atoms with Gasteiger partial charge in [0.2, 0.25) is 0 Å². The fourth-order valence-corrected chi connectivity index (χ4v) is 2.88. The van der Waals surface area contributed by atoms with Crippen LogP contribution in [0.3, 0.4) is 0 Å². The third-order valence-electron chi connectivity index (χ3n) is 2.67. The maximum absolute atomic E-state index is 12.2. The van der Waals surface area contributed by atoms with Crippen molar-refractivity contribution < 1.29 is 8.42 Å². The van der Waals surface area contributed by atoms with Crippen LogP contribution in [0.15, 0.2) is 59.5 Å². The van der Waals surface area contributed by atoms with Gasteiger partial charge in [0.25, 0.3) is 10.0 Å². The normalized spacial score (nSPS) is 11.2. The monoisotopic (exact) mass is 276 g/mol. The van der Waals surface area contributed by atoms with Crippen molar-refractivity contribution in [1.82, 2.24) is 0 Å². The first-order chi connectivity index (χ1) is 9.12. The number of hydrogen-bond acceptors (Lipinski definition) is 3. The zero-order chi connectivity index (χ0) is 13.7. The van der Waals surface area contributed by atoms with Gasteiger partial charge in [0.15, 0.2) is 0 Å². The van der Waals surface area contributed by atoms with Gasteiger partial charge >= 0.3 is 0 Å². The summed E-state index contributed by atoms with van der Waals surface area (Å²) >= 11 is 0. The molecular formula is C14H16N2O2S. The standard InChI is InChI=1S/C14H16N2O2S/c15-10-9-12-5-4-8-14(11-12)19(17,18)16-13-6-2-1-3-7-13/h1-8,11,16H,9-10,15H2. The second-order valence-electron chi connectivity index (χ2n) is 4.16. The molecule has 0 radical (unpaired) electrons. The van der Waals surface area contributed by atoms with E-state index in [1.165, 1.54) is 0 Å². The van der Waals surface area contributed by atoms with Crippen LogP contribution in [0.25, 0.3) is 0 Å². The van der Waals surface area contributed by atoms with Gasteiger partial charge in [-0.15, -0.1) is 0 Å². The van der Waals surface area contributed by atoms with Crippen LogP contribution in [-0.4, -0.2) is 15.0 Å². The van der Waals surface area contributed by atoms with Crippen molar-refractivity contribution in [3.63, 3.8) is 0 Å². The Balaban J connectivity index is 2.27. The van der Waals surface area contributed by atoms with E-state index in [0.29, 0.717) is 18.7 Å². The molecule has 0 aliphatic heterocycles. The molecule has 2 rings (SSSR count). The lowest BCUT2D eigenvalue weighted by molar-refractivity contribution is 0.601. The van der Waals surface area contributed by atoms with Crippen LogP contribution in [0.5, 0.6) is 0 Å². The van der Waals surface area contributed by atoms with Gasteiger partial charge < -0.3 is 5.73 Å². The van der Waals surface area contributed by atoms with E-state index in [1.54, 1.807) is 42.5 Å². The average molecular weight is 276 g/mol. The summed E-state index contributed by atoms with van der Waals surface area (Å²) in [4.78, 5) is 0.252. The molecule has 4 nitrogen and oxygen atoms in total. The van der Waals surface area contributed by atoms with Crippen molar-refractivity contribution in [1.29, 1.82) is 0 Å². The molecule has 0 bridgehead atoms. The Kier molecular flexibility index (Phi) is 4.19. The smallest absolute Gasteiger partial charge is 0.261 e. The van der Waals surface area contributed by atoms with Gasteiger partial charge in [0.05, 0.1) is 4.90 Å². The number of sulfonamides is 1. The number of anilines is 1. The van der Waals surface area contributed by atoms with Gasteiger partial charge in [0.1, 0.15) is 0 Å². The van der Waals surface area contributed by atoms with Crippen LogP contribution in [0.2, 0.25) is 0 Å². The summed E-state index contributed by atoms with van der Waals surface area (Å²) in [6.07, 6.45) is 0.661. The SMILES string of the molecule is NCCc1cccc(S(=O)(=O)Nc2ccccc2)c1. The Morgan fingerprint density at radius 1 is 1.00 bits per heavy atom. The van der Waals surface area contributed by atoms with Crippen LogP contribution in [0.4, 0.5) is 5.69 Å². The molecule has 2 aromatic carbocycles. The molecule has 19 heavy (non-hydrogen) atoms. The lowest BCUT2D eigenvalue weighted by Gasteiger charge is -2.09. The summed E-state index contributed by atoms with van der Waals surface area (Å²) < 4.78 is 27.0. The molecule has 0 atom stereocenters. The quantitative estimate of drug-likeness (QED) is 0.877. The van der Waals surface area contributed by atoms with Crippen molar-refractivity contribution in [2.45, 2.75) is 11.3 Å². The van der Waals surface area contributed by atoms with Crippen LogP contribution in [0, 0.1) is 0 Å². The molecule has 0 heterocycles. The van der Waals surface area contributed by atoms with E-state index in [-0.39, 0.29) is 4.90 Å². The highest BCUT2D eigenvalue weighted by atomic mass is 32.2. The van der Waals surface area contributed by atoms with Crippen molar-refractivity contribution >= 4 is 15.7 Å². The summed E-state index contributed by atoms with van der Waals surface area (Å²) in [5.74, 6) is 0.